The van der Waals surface area contributed by atoms with Gasteiger partial charge in [-0.25, -0.2) is 0 Å². The van der Waals surface area contributed by atoms with Gasteiger partial charge in [-0.05, 0) is 24.0 Å². The fraction of sp³-hybridized carbons (Fsp3) is 0.350. The number of nitrogens with zero attached hydrogens (tertiary/aromatic N) is 1. The molecule has 0 saturated carbocycles. The van der Waals surface area contributed by atoms with Crippen molar-refractivity contribution in [3.63, 3.8) is 0 Å². The van der Waals surface area contributed by atoms with Gasteiger partial charge < -0.3 is 0 Å². The molecular weight excluding hydrogens is 270 g/mol. The SMILES string of the molecule is CCC1CC(c2ccccc2)N(Cc2ccccc2)CC1=O. The largest absolute Gasteiger partial charge is 0.298 e. The molecule has 2 atom stereocenters. The Balaban J connectivity index is 1.85. The van der Waals surface area contributed by atoms with E-state index in [1.54, 1.807) is 0 Å². The minimum absolute atomic E-state index is 0.206. The Morgan fingerprint density at radius 2 is 1.64 bits per heavy atom. The number of rotatable bonds is 4. The van der Waals surface area contributed by atoms with Crippen molar-refractivity contribution >= 4 is 5.78 Å². The van der Waals surface area contributed by atoms with Crippen molar-refractivity contribution in [3.05, 3.63) is 71.8 Å². The summed E-state index contributed by atoms with van der Waals surface area (Å²) in [5.74, 6) is 0.600. The van der Waals surface area contributed by atoms with Gasteiger partial charge in [0.15, 0.2) is 0 Å². The van der Waals surface area contributed by atoms with E-state index in [0.717, 1.165) is 19.4 Å². The van der Waals surface area contributed by atoms with Crippen molar-refractivity contribution in [2.24, 2.45) is 5.92 Å². The molecule has 114 valence electrons. The molecule has 0 aromatic heterocycles. The second-order valence-corrected chi connectivity index (χ2v) is 6.12. The third-order valence-corrected chi connectivity index (χ3v) is 4.67. The van der Waals surface area contributed by atoms with Crippen LogP contribution in [0.3, 0.4) is 0 Å². The van der Waals surface area contributed by atoms with E-state index in [9.17, 15) is 4.79 Å². The number of carbonyl (C=O) groups is 1. The summed E-state index contributed by atoms with van der Waals surface area (Å²) in [7, 11) is 0. The number of likely N-dealkylation sites (tertiary alicyclic amines) is 1. The predicted molar refractivity (Wildman–Crippen MR) is 89.4 cm³/mol. The van der Waals surface area contributed by atoms with Gasteiger partial charge >= 0.3 is 0 Å². The Kier molecular flexibility index (Phi) is 4.69. The number of hydrogen-bond acceptors (Lipinski definition) is 2. The maximum absolute atomic E-state index is 12.4. The molecule has 2 unspecified atom stereocenters. The number of ketones is 1. The normalized spacial score (nSPS) is 22.7. The highest BCUT2D eigenvalue weighted by Gasteiger charge is 2.33. The zero-order valence-corrected chi connectivity index (χ0v) is 13.1. The Bertz CT molecular complexity index is 608. The lowest BCUT2D eigenvalue weighted by Gasteiger charge is -2.38. The molecule has 0 aliphatic carbocycles. The number of benzene rings is 2. The lowest BCUT2D eigenvalue weighted by Crippen LogP contribution is -2.42. The smallest absolute Gasteiger partial charge is 0.149 e. The summed E-state index contributed by atoms with van der Waals surface area (Å²) in [6, 6.07) is 21.4. The molecule has 0 spiro atoms. The van der Waals surface area contributed by atoms with E-state index in [0.29, 0.717) is 18.4 Å². The Morgan fingerprint density at radius 1 is 1.00 bits per heavy atom. The van der Waals surface area contributed by atoms with E-state index in [4.69, 9.17) is 0 Å². The van der Waals surface area contributed by atoms with Crippen molar-refractivity contribution in [2.45, 2.75) is 32.4 Å². The van der Waals surface area contributed by atoms with Crippen molar-refractivity contribution in [1.82, 2.24) is 4.90 Å². The van der Waals surface area contributed by atoms with Crippen molar-refractivity contribution in [2.75, 3.05) is 6.54 Å². The summed E-state index contributed by atoms with van der Waals surface area (Å²) < 4.78 is 0. The van der Waals surface area contributed by atoms with Gasteiger partial charge in [0.1, 0.15) is 5.78 Å². The molecule has 2 aromatic rings. The molecule has 2 aromatic carbocycles. The van der Waals surface area contributed by atoms with Crippen LogP contribution in [0.1, 0.15) is 36.9 Å². The zero-order valence-electron chi connectivity index (χ0n) is 13.1. The van der Waals surface area contributed by atoms with Crippen LogP contribution in [0.2, 0.25) is 0 Å². The van der Waals surface area contributed by atoms with Gasteiger partial charge in [0.05, 0.1) is 6.54 Å². The first kappa shape index (κ1) is 15.0. The van der Waals surface area contributed by atoms with E-state index < -0.39 is 0 Å². The lowest BCUT2D eigenvalue weighted by atomic mass is 9.84. The molecule has 1 aliphatic heterocycles. The summed E-state index contributed by atoms with van der Waals surface area (Å²) >= 11 is 0. The highest BCUT2D eigenvalue weighted by atomic mass is 16.1. The monoisotopic (exact) mass is 293 g/mol. The first-order valence-corrected chi connectivity index (χ1v) is 8.13. The van der Waals surface area contributed by atoms with Crippen LogP contribution < -0.4 is 0 Å². The fourth-order valence-electron chi connectivity index (χ4n) is 3.39. The van der Waals surface area contributed by atoms with Crippen LogP contribution in [0.15, 0.2) is 60.7 Å². The number of carbonyl (C=O) groups excluding carboxylic acids is 1. The van der Waals surface area contributed by atoms with E-state index in [2.05, 4.69) is 66.4 Å². The summed E-state index contributed by atoms with van der Waals surface area (Å²) in [6.07, 6.45) is 1.88. The van der Waals surface area contributed by atoms with E-state index in [1.807, 2.05) is 6.07 Å². The topological polar surface area (TPSA) is 20.3 Å². The van der Waals surface area contributed by atoms with Crippen LogP contribution in [-0.4, -0.2) is 17.2 Å². The average molecular weight is 293 g/mol. The fourth-order valence-corrected chi connectivity index (χ4v) is 3.39. The lowest BCUT2D eigenvalue weighted by molar-refractivity contribution is -0.129. The molecule has 0 N–H and O–H groups in total. The molecule has 0 amide bonds. The highest BCUT2D eigenvalue weighted by Crippen LogP contribution is 2.34. The second-order valence-electron chi connectivity index (χ2n) is 6.12. The van der Waals surface area contributed by atoms with Crippen LogP contribution in [0, 0.1) is 5.92 Å². The molecule has 22 heavy (non-hydrogen) atoms. The number of hydrogen-bond donors (Lipinski definition) is 0. The summed E-state index contributed by atoms with van der Waals surface area (Å²) in [5.41, 5.74) is 2.59. The summed E-state index contributed by atoms with van der Waals surface area (Å²) in [5, 5.41) is 0. The van der Waals surface area contributed by atoms with Crippen molar-refractivity contribution in [1.29, 1.82) is 0 Å². The van der Waals surface area contributed by atoms with Gasteiger partial charge in [0, 0.05) is 18.5 Å². The minimum atomic E-state index is 0.206. The Morgan fingerprint density at radius 3 is 2.27 bits per heavy atom. The predicted octanol–water partition coefficient (Wildman–Crippen LogP) is 4.23. The molecule has 3 rings (SSSR count). The second kappa shape index (κ2) is 6.89. The van der Waals surface area contributed by atoms with E-state index in [-0.39, 0.29) is 5.92 Å². The van der Waals surface area contributed by atoms with E-state index >= 15 is 0 Å². The van der Waals surface area contributed by atoms with Gasteiger partial charge in [-0.2, -0.15) is 0 Å². The maximum Gasteiger partial charge on any atom is 0.149 e. The highest BCUT2D eigenvalue weighted by molar-refractivity contribution is 5.83. The van der Waals surface area contributed by atoms with Gasteiger partial charge in [0.25, 0.3) is 0 Å². The van der Waals surface area contributed by atoms with Gasteiger partial charge in [-0.3, -0.25) is 9.69 Å². The van der Waals surface area contributed by atoms with E-state index in [1.165, 1.54) is 11.1 Å². The maximum atomic E-state index is 12.4. The molecule has 1 heterocycles. The minimum Gasteiger partial charge on any atom is -0.298 e. The van der Waals surface area contributed by atoms with Crippen LogP contribution in [0.25, 0.3) is 0 Å². The molecule has 2 nitrogen and oxygen atoms in total. The van der Waals surface area contributed by atoms with Crippen molar-refractivity contribution < 1.29 is 4.79 Å². The molecule has 0 bridgehead atoms. The number of piperidine rings is 1. The Labute approximate surface area is 132 Å². The van der Waals surface area contributed by atoms with Crippen molar-refractivity contribution in [3.8, 4) is 0 Å². The third kappa shape index (κ3) is 3.28. The van der Waals surface area contributed by atoms with Gasteiger partial charge in [-0.15, -0.1) is 0 Å². The third-order valence-electron chi connectivity index (χ3n) is 4.67. The van der Waals surface area contributed by atoms with Crippen LogP contribution in [0.4, 0.5) is 0 Å². The standard InChI is InChI=1S/C20H23NO/c1-2-17-13-19(18-11-7-4-8-12-18)21(15-20(17)22)14-16-9-5-3-6-10-16/h3-12,17,19H,2,13-15H2,1H3. The Hall–Kier alpha value is -1.93. The molecular formula is C20H23NO. The molecule has 0 radical (unpaired) electrons. The van der Waals surface area contributed by atoms with Gasteiger partial charge in [0.2, 0.25) is 0 Å². The van der Waals surface area contributed by atoms with Gasteiger partial charge in [-0.1, -0.05) is 67.6 Å². The molecule has 1 aliphatic rings. The summed E-state index contributed by atoms with van der Waals surface area (Å²) in [6.45, 7) is 3.52. The zero-order chi connectivity index (χ0) is 15.4. The molecule has 1 fully saturated rings. The average Bonchev–Trinajstić information content (AvgIpc) is 2.57. The quantitative estimate of drug-likeness (QED) is 0.841. The first-order chi connectivity index (χ1) is 10.8. The van der Waals surface area contributed by atoms with Crippen LogP contribution >= 0.6 is 0 Å². The molecule has 2 heteroatoms. The van der Waals surface area contributed by atoms with Crippen LogP contribution in [0.5, 0.6) is 0 Å². The summed E-state index contributed by atoms with van der Waals surface area (Å²) in [4.78, 5) is 14.7. The van der Waals surface area contributed by atoms with Crippen LogP contribution in [-0.2, 0) is 11.3 Å². The first-order valence-electron chi connectivity index (χ1n) is 8.13. The molecule has 1 saturated heterocycles. The number of Topliss-reactive ketones (excluding diaryl/α,β-unsaturated/α-hetero) is 1.